The number of nitrogens with zero attached hydrogens (tertiary/aromatic N) is 1. The smallest absolute Gasteiger partial charge is 0.306 e. The number of amides is 2. The van der Waals surface area contributed by atoms with Crippen molar-refractivity contribution >= 4 is 17.8 Å². The van der Waals surface area contributed by atoms with Gasteiger partial charge in [0.1, 0.15) is 12.1 Å². The van der Waals surface area contributed by atoms with Gasteiger partial charge in [0, 0.05) is 6.54 Å². The van der Waals surface area contributed by atoms with E-state index in [-0.39, 0.29) is 18.2 Å². The van der Waals surface area contributed by atoms with Crippen LogP contribution in [0.1, 0.15) is 19.8 Å². The quantitative estimate of drug-likeness (QED) is 0.612. The van der Waals surface area contributed by atoms with Crippen molar-refractivity contribution in [3.8, 4) is 0 Å². The minimum absolute atomic E-state index is 0.117. The molecule has 2 N–H and O–H groups in total. The van der Waals surface area contributed by atoms with Gasteiger partial charge in [0.15, 0.2) is 0 Å². The van der Waals surface area contributed by atoms with E-state index >= 15 is 0 Å². The molecule has 0 aromatic carbocycles. The Morgan fingerprint density at radius 2 is 2.19 bits per heavy atom. The number of nitrogens with one attached hydrogen (secondary N) is 1. The Balaban J connectivity index is 2.16. The van der Waals surface area contributed by atoms with Crippen molar-refractivity contribution in [2.45, 2.75) is 31.8 Å². The first-order chi connectivity index (χ1) is 7.50. The zero-order chi connectivity index (χ0) is 11.9. The number of hydrogen-bond acceptors (Lipinski definition) is 3. The molecule has 2 amide bonds. The predicted octanol–water partition coefficient (Wildman–Crippen LogP) is -0.803. The molecule has 2 aliphatic rings. The van der Waals surface area contributed by atoms with E-state index in [2.05, 4.69) is 5.32 Å². The van der Waals surface area contributed by atoms with E-state index in [0.717, 1.165) is 0 Å². The highest BCUT2D eigenvalue weighted by Crippen LogP contribution is 2.26. The second kappa shape index (κ2) is 3.77. The molecule has 2 heterocycles. The SMILES string of the molecule is CC1NC(=O)C2CC(C(=O)O)CCN2C1=O. The molecule has 0 aromatic heterocycles. The van der Waals surface area contributed by atoms with Crippen LogP contribution in [-0.4, -0.2) is 46.4 Å². The summed E-state index contributed by atoms with van der Waals surface area (Å²) in [4.78, 5) is 35.7. The molecule has 16 heavy (non-hydrogen) atoms. The summed E-state index contributed by atoms with van der Waals surface area (Å²) in [7, 11) is 0. The van der Waals surface area contributed by atoms with Crippen LogP contribution in [0, 0.1) is 5.92 Å². The normalized spacial score (nSPS) is 34.3. The van der Waals surface area contributed by atoms with Gasteiger partial charge in [0.25, 0.3) is 0 Å². The van der Waals surface area contributed by atoms with E-state index < -0.39 is 24.0 Å². The van der Waals surface area contributed by atoms with Crippen LogP contribution in [0.5, 0.6) is 0 Å². The van der Waals surface area contributed by atoms with Crippen molar-refractivity contribution < 1.29 is 19.5 Å². The summed E-state index contributed by atoms with van der Waals surface area (Å²) >= 11 is 0. The van der Waals surface area contributed by atoms with Crippen LogP contribution in [-0.2, 0) is 14.4 Å². The second-order valence-electron chi connectivity index (χ2n) is 4.34. The highest BCUT2D eigenvalue weighted by molar-refractivity contribution is 5.97. The first-order valence-electron chi connectivity index (χ1n) is 5.34. The van der Waals surface area contributed by atoms with Crippen molar-refractivity contribution in [2.75, 3.05) is 6.54 Å². The fraction of sp³-hybridized carbons (Fsp3) is 0.700. The molecule has 6 heteroatoms. The predicted molar refractivity (Wildman–Crippen MR) is 53.5 cm³/mol. The Morgan fingerprint density at radius 1 is 1.50 bits per heavy atom. The summed E-state index contributed by atoms with van der Waals surface area (Å²) in [6, 6.07) is -1.09. The average molecular weight is 226 g/mol. The molecule has 3 unspecified atom stereocenters. The lowest BCUT2D eigenvalue weighted by atomic mass is 9.88. The number of carbonyl (C=O) groups excluding carboxylic acids is 2. The van der Waals surface area contributed by atoms with Crippen molar-refractivity contribution in [1.29, 1.82) is 0 Å². The first kappa shape index (κ1) is 10.9. The van der Waals surface area contributed by atoms with E-state index in [0.29, 0.717) is 13.0 Å². The zero-order valence-corrected chi connectivity index (χ0v) is 8.97. The lowest BCUT2D eigenvalue weighted by Gasteiger charge is -2.42. The molecule has 2 saturated heterocycles. The van der Waals surface area contributed by atoms with Crippen molar-refractivity contribution in [2.24, 2.45) is 5.92 Å². The molecule has 88 valence electrons. The third-order valence-corrected chi connectivity index (χ3v) is 3.27. The summed E-state index contributed by atoms with van der Waals surface area (Å²) < 4.78 is 0. The number of piperidine rings is 1. The van der Waals surface area contributed by atoms with Crippen LogP contribution in [0.15, 0.2) is 0 Å². The van der Waals surface area contributed by atoms with Crippen LogP contribution in [0.4, 0.5) is 0 Å². The molecular formula is C10H14N2O4. The average Bonchev–Trinajstić information content (AvgIpc) is 2.25. The molecule has 3 atom stereocenters. The number of fused-ring (bicyclic) bond motifs is 1. The lowest BCUT2D eigenvalue weighted by Crippen LogP contribution is -2.64. The Bertz CT molecular complexity index is 355. The van der Waals surface area contributed by atoms with Gasteiger partial charge in [0.2, 0.25) is 11.8 Å². The van der Waals surface area contributed by atoms with Crippen LogP contribution in [0.3, 0.4) is 0 Å². The van der Waals surface area contributed by atoms with Gasteiger partial charge in [-0.05, 0) is 19.8 Å². The van der Waals surface area contributed by atoms with Crippen molar-refractivity contribution in [1.82, 2.24) is 10.2 Å². The van der Waals surface area contributed by atoms with Gasteiger partial charge in [-0.15, -0.1) is 0 Å². The van der Waals surface area contributed by atoms with Crippen molar-refractivity contribution in [3.63, 3.8) is 0 Å². The fourth-order valence-corrected chi connectivity index (χ4v) is 2.32. The topological polar surface area (TPSA) is 86.7 Å². The highest BCUT2D eigenvalue weighted by atomic mass is 16.4. The lowest BCUT2D eigenvalue weighted by molar-refractivity contribution is -0.156. The molecular weight excluding hydrogens is 212 g/mol. The van der Waals surface area contributed by atoms with Crippen LogP contribution in [0.2, 0.25) is 0 Å². The first-order valence-corrected chi connectivity index (χ1v) is 5.34. The number of aliphatic carboxylic acids is 1. The number of carboxylic acid groups (broad SMARTS) is 1. The van der Waals surface area contributed by atoms with E-state index in [1.54, 1.807) is 6.92 Å². The molecule has 2 fully saturated rings. The number of hydrogen-bond donors (Lipinski definition) is 2. The van der Waals surface area contributed by atoms with Gasteiger partial charge in [-0.3, -0.25) is 14.4 Å². The molecule has 6 nitrogen and oxygen atoms in total. The Morgan fingerprint density at radius 3 is 2.81 bits per heavy atom. The van der Waals surface area contributed by atoms with Crippen molar-refractivity contribution in [3.05, 3.63) is 0 Å². The Labute approximate surface area is 92.6 Å². The van der Waals surface area contributed by atoms with Gasteiger partial charge >= 0.3 is 5.97 Å². The molecule has 0 saturated carbocycles. The summed E-state index contributed by atoms with van der Waals surface area (Å²) in [5.74, 6) is -1.77. The molecule has 2 rings (SSSR count). The third-order valence-electron chi connectivity index (χ3n) is 3.27. The minimum Gasteiger partial charge on any atom is -0.481 e. The maximum absolute atomic E-state index is 11.7. The second-order valence-corrected chi connectivity index (χ2v) is 4.34. The minimum atomic E-state index is -0.890. The van der Waals surface area contributed by atoms with Gasteiger partial charge in [-0.1, -0.05) is 0 Å². The number of piperazine rings is 1. The summed E-state index contributed by atoms with van der Waals surface area (Å²) in [6.07, 6.45) is 0.650. The number of carbonyl (C=O) groups is 3. The van der Waals surface area contributed by atoms with Crippen LogP contribution >= 0.6 is 0 Å². The molecule has 0 spiro atoms. The van der Waals surface area contributed by atoms with Crippen LogP contribution in [0.25, 0.3) is 0 Å². The van der Waals surface area contributed by atoms with Gasteiger partial charge < -0.3 is 15.3 Å². The fourth-order valence-electron chi connectivity index (χ4n) is 2.32. The van der Waals surface area contributed by atoms with Gasteiger partial charge in [0.05, 0.1) is 5.92 Å². The molecule has 0 aliphatic carbocycles. The van der Waals surface area contributed by atoms with E-state index in [4.69, 9.17) is 5.11 Å². The standard InChI is InChI=1S/C10H14N2O4/c1-5-9(14)12-3-2-6(10(15)16)4-7(12)8(13)11-5/h5-7H,2-4H2,1H3,(H,11,13)(H,15,16). The zero-order valence-electron chi connectivity index (χ0n) is 8.97. The van der Waals surface area contributed by atoms with E-state index in [1.807, 2.05) is 0 Å². The van der Waals surface area contributed by atoms with Gasteiger partial charge in [-0.25, -0.2) is 0 Å². The molecule has 2 aliphatic heterocycles. The van der Waals surface area contributed by atoms with E-state index in [9.17, 15) is 14.4 Å². The Kier molecular flexibility index (Phi) is 2.57. The van der Waals surface area contributed by atoms with E-state index in [1.165, 1.54) is 4.90 Å². The van der Waals surface area contributed by atoms with Crippen LogP contribution < -0.4 is 5.32 Å². The number of rotatable bonds is 1. The Hall–Kier alpha value is -1.59. The summed E-state index contributed by atoms with van der Waals surface area (Å²) in [6.45, 7) is 2.00. The monoisotopic (exact) mass is 226 g/mol. The molecule has 0 bridgehead atoms. The third kappa shape index (κ3) is 1.64. The summed E-state index contributed by atoms with van der Waals surface area (Å²) in [5, 5.41) is 11.5. The summed E-state index contributed by atoms with van der Waals surface area (Å²) in [5.41, 5.74) is 0. The van der Waals surface area contributed by atoms with Gasteiger partial charge in [-0.2, -0.15) is 0 Å². The highest BCUT2D eigenvalue weighted by Gasteiger charge is 2.43. The molecule has 0 aromatic rings. The maximum atomic E-state index is 11.7. The number of carboxylic acids is 1. The molecule has 0 radical (unpaired) electrons. The largest absolute Gasteiger partial charge is 0.481 e. The maximum Gasteiger partial charge on any atom is 0.306 e.